The van der Waals surface area contributed by atoms with Crippen molar-refractivity contribution in [2.75, 3.05) is 13.6 Å². The number of H-pyrrole nitrogens is 1. The maximum Gasteiger partial charge on any atom is 0.106 e. The molecule has 0 aliphatic rings. The molecule has 5 heteroatoms. The summed E-state index contributed by atoms with van der Waals surface area (Å²) in [4.78, 5) is 0. The first-order chi connectivity index (χ1) is 8.13. The van der Waals surface area contributed by atoms with Gasteiger partial charge in [0.25, 0.3) is 0 Å². The quantitative estimate of drug-likeness (QED) is 0.621. The molecule has 1 heterocycles. The summed E-state index contributed by atoms with van der Waals surface area (Å²) in [6, 6.07) is 3.78. The van der Waals surface area contributed by atoms with Crippen LogP contribution in [0.3, 0.4) is 0 Å². The van der Waals surface area contributed by atoms with Gasteiger partial charge >= 0.3 is 0 Å². The van der Waals surface area contributed by atoms with Crippen molar-refractivity contribution in [1.29, 1.82) is 0 Å². The summed E-state index contributed by atoms with van der Waals surface area (Å²) in [6.07, 6.45) is -0.0000735. The van der Waals surface area contributed by atoms with Gasteiger partial charge in [-0.05, 0) is 37.2 Å². The van der Waals surface area contributed by atoms with E-state index in [-0.39, 0.29) is 0 Å². The lowest BCUT2D eigenvalue weighted by Gasteiger charge is -2.19. The number of aliphatic hydroxyl groups is 2. The van der Waals surface area contributed by atoms with E-state index in [0.717, 1.165) is 22.0 Å². The Morgan fingerprint density at radius 3 is 2.88 bits per heavy atom. The minimum atomic E-state index is -0.887. The van der Waals surface area contributed by atoms with Gasteiger partial charge in [0, 0.05) is 11.9 Å². The zero-order valence-corrected chi connectivity index (χ0v) is 9.94. The van der Waals surface area contributed by atoms with Crippen molar-refractivity contribution in [3.63, 3.8) is 0 Å². The van der Waals surface area contributed by atoms with Gasteiger partial charge in [-0.15, -0.1) is 0 Å². The molecule has 0 amide bonds. The molecule has 5 nitrogen and oxygen atoms in total. The zero-order chi connectivity index (χ0) is 12.4. The molecule has 17 heavy (non-hydrogen) atoms. The molecule has 0 saturated carbocycles. The number of likely N-dealkylation sites (N-methyl/N-ethyl adjacent to an activating group) is 1. The van der Waals surface area contributed by atoms with Crippen LogP contribution in [0.25, 0.3) is 10.9 Å². The fourth-order valence-electron chi connectivity index (χ4n) is 1.96. The Balaban J connectivity index is 2.36. The Hall–Kier alpha value is -1.43. The Morgan fingerprint density at radius 2 is 2.18 bits per heavy atom. The molecular formula is C12H17N3O2. The third-order valence-electron chi connectivity index (χ3n) is 2.92. The first kappa shape index (κ1) is 12.0. The van der Waals surface area contributed by atoms with Crippen LogP contribution in [0.4, 0.5) is 0 Å². The number of rotatable bonds is 4. The predicted octanol–water partition coefficient (Wildman–Crippen LogP) is 0.485. The molecule has 0 aliphatic carbocycles. The minimum Gasteiger partial charge on any atom is -0.389 e. The molecular weight excluding hydrogens is 218 g/mol. The van der Waals surface area contributed by atoms with Crippen LogP contribution in [0.2, 0.25) is 0 Å². The zero-order valence-electron chi connectivity index (χ0n) is 9.94. The number of nitrogens with one attached hydrogen (secondary N) is 2. The summed E-state index contributed by atoms with van der Waals surface area (Å²) in [6.45, 7) is 2.26. The maximum atomic E-state index is 10.1. The van der Waals surface area contributed by atoms with Gasteiger partial charge in [0.2, 0.25) is 0 Å². The van der Waals surface area contributed by atoms with Crippen LogP contribution >= 0.6 is 0 Å². The van der Waals surface area contributed by atoms with Crippen molar-refractivity contribution >= 4 is 10.9 Å². The molecule has 0 fully saturated rings. The fourth-order valence-corrected chi connectivity index (χ4v) is 1.96. The largest absolute Gasteiger partial charge is 0.389 e. The highest BCUT2D eigenvalue weighted by Crippen LogP contribution is 2.25. The van der Waals surface area contributed by atoms with E-state index in [1.54, 1.807) is 13.2 Å². The first-order valence-corrected chi connectivity index (χ1v) is 5.58. The van der Waals surface area contributed by atoms with E-state index in [0.29, 0.717) is 6.54 Å². The van der Waals surface area contributed by atoms with Gasteiger partial charge in [0.1, 0.15) is 6.10 Å². The van der Waals surface area contributed by atoms with Crippen LogP contribution in [-0.2, 0) is 0 Å². The molecule has 0 bridgehead atoms. The molecule has 0 saturated heterocycles. The molecule has 4 N–H and O–H groups in total. The van der Waals surface area contributed by atoms with Crippen molar-refractivity contribution in [1.82, 2.24) is 15.5 Å². The predicted molar refractivity (Wildman–Crippen MR) is 65.7 cm³/mol. The lowest BCUT2D eigenvalue weighted by molar-refractivity contribution is 0.0199. The van der Waals surface area contributed by atoms with Crippen molar-refractivity contribution in [2.45, 2.75) is 19.1 Å². The van der Waals surface area contributed by atoms with E-state index >= 15 is 0 Å². The lowest BCUT2D eigenvalue weighted by Crippen LogP contribution is -2.29. The SMILES string of the molecule is CNCC(O)C(O)c1cc2cn[nH]c2cc1C. The van der Waals surface area contributed by atoms with Crippen LogP contribution in [-0.4, -0.2) is 40.1 Å². The smallest absolute Gasteiger partial charge is 0.106 e. The highest BCUT2D eigenvalue weighted by molar-refractivity contribution is 5.79. The molecule has 0 aliphatic heterocycles. The summed E-state index contributed by atoms with van der Waals surface area (Å²) >= 11 is 0. The monoisotopic (exact) mass is 235 g/mol. The molecule has 2 rings (SSSR count). The fraction of sp³-hybridized carbons (Fsp3) is 0.417. The highest BCUT2D eigenvalue weighted by Gasteiger charge is 2.20. The normalized spacial score (nSPS) is 15.1. The number of hydrogen-bond donors (Lipinski definition) is 4. The number of aliphatic hydroxyl groups excluding tert-OH is 2. The van der Waals surface area contributed by atoms with Crippen LogP contribution in [0, 0.1) is 6.92 Å². The second kappa shape index (κ2) is 4.83. The number of aryl methyl sites for hydroxylation is 1. The van der Waals surface area contributed by atoms with Gasteiger partial charge in [0.05, 0.1) is 17.8 Å². The van der Waals surface area contributed by atoms with Gasteiger partial charge in [-0.25, -0.2) is 0 Å². The van der Waals surface area contributed by atoms with Gasteiger partial charge in [-0.3, -0.25) is 5.10 Å². The third kappa shape index (κ3) is 2.31. The molecule has 2 unspecified atom stereocenters. The van der Waals surface area contributed by atoms with E-state index in [4.69, 9.17) is 0 Å². The van der Waals surface area contributed by atoms with Gasteiger partial charge < -0.3 is 15.5 Å². The van der Waals surface area contributed by atoms with Crippen LogP contribution in [0.5, 0.6) is 0 Å². The van der Waals surface area contributed by atoms with Gasteiger partial charge in [0.15, 0.2) is 0 Å². The molecule has 92 valence electrons. The summed E-state index contributed by atoms with van der Waals surface area (Å²) in [7, 11) is 1.74. The molecule has 1 aromatic carbocycles. The molecule has 0 spiro atoms. The van der Waals surface area contributed by atoms with Crippen LogP contribution in [0.1, 0.15) is 17.2 Å². The third-order valence-corrected chi connectivity index (χ3v) is 2.92. The Morgan fingerprint density at radius 1 is 1.41 bits per heavy atom. The maximum absolute atomic E-state index is 10.1. The lowest BCUT2D eigenvalue weighted by atomic mass is 9.98. The van der Waals surface area contributed by atoms with Crippen molar-refractivity contribution in [2.24, 2.45) is 0 Å². The van der Waals surface area contributed by atoms with Crippen molar-refractivity contribution in [3.05, 3.63) is 29.5 Å². The van der Waals surface area contributed by atoms with E-state index in [1.807, 2.05) is 19.1 Å². The topological polar surface area (TPSA) is 81.2 Å². The second-order valence-corrected chi connectivity index (χ2v) is 4.24. The number of aromatic nitrogens is 2. The first-order valence-electron chi connectivity index (χ1n) is 5.58. The average molecular weight is 235 g/mol. The van der Waals surface area contributed by atoms with Crippen LogP contribution < -0.4 is 5.32 Å². The van der Waals surface area contributed by atoms with Gasteiger partial charge in [-0.2, -0.15) is 5.10 Å². The van der Waals surface area contributed by atoms with E-state index in [9.17, 15) is 10.2 Å². The summed E-state index contributed by atoms with van der Waals surface area (Å²) in [5.74, 6) is 0. The molecule has 2 atom stereocenters. The summed E-state index contributed by atoms with van der Waals surface area (Å²) in [5.41, 5.74) is 2.60. The molecule has 0 radical (unpaired) electrons. The highest BCUT2D eigenvalue weighted by atomic mass is 16.3. The Kier molecular flexibility index (Phi) is 3.42. The summed E-state index contributed by atoms with van der Waals surface area (Å²) in [5, 5.41) is 30.4. The second-order valence-electron chi connectivity index (χ2n) is 4.24. The standard InChI is InChI=1S/C12H17N3O2/c1-7-3-10-8(5-14-15-10)4-9(7)12(17)11(16)6-13-2/h3-5,11-13,16-17H,6H2,1-2H3,(H,14,15). The number of aromatic amines is 1. The van der Waals surface area contributed by atoms with Crippen molar-refractivity contribution < 1.29 is 10.2 Å². The molecule has 2 aromatic rings. The number of fused-ring (bicyclic) bond motifs is 1. The van der Waals surface area contributed by atoms with Crippen LogP contribution in [0.15, 0.2) is 18.3 Å². The van der Waals surface area contributed by atoms with Gasteiger partial charge in [-0.1, -0.05) is 0 Å². The molecule has 1 aromatic heterocycles. The number of benzene rings is 1. The van der Waals surface area contributed by atoms with Crippen molar-refractivity contribution in [3.8, 4) is 0 Å². The Bertz CT molecular complexity index is 509. The van der Waals surface area contributed by atoms with E-state index in [1.165, 1.54) is 0 Å². The summed E-state index contributed by atoms with van der Waals surface area (Å²) < 4.78 is 0. The van der Waals surface area contributed by atoms with E-state index < -0.39 is 12.2 Å². The van der Waals surface area contributed by atoms with E-state index in [2.05, 4.69) is 15.5 Å². The minimum absolute atomic E-state index is 0.351. The number of hydrogen-bond acceptors (Lipinski definition) is 4. The average Bonchev–Trinajstić information content (AvgIpc) is 2.74. The Labute approximate surface area is 99.5 Å². The number of nitrogens with zero attached hydrogens (tertiary/aromatic N) is 1.